The van der Waals surface area contributed by atoms with E-state index in [1.165, 1.54) is 0 Å². The van der Waals surface area contributed by atoms with Crippen molar-refractivity contribution in [2.24, 2.45) is 11.5 Å². The van der Waals surface area contributed by atoms with Crippen LogP contribution in [0.5, 0.6) is 0 Å². The van der Waals surface area contributed by atoms with Crippen LogP contribution in [0, 0.1) is 0 Å². The van der Waals surface area contributed by atoms with Crippen molar-refractivity contribution in [3.63, 3.8) is 0 Å². The number of benzene rings is 3. The molecule has 0 saturated heterocycles. The number of nitrogens with two attached hydrogens (primary N) is 2. The van der Waals surface area contributed by atoms with Gasteiger partial charge in [-0.15, -0.1) is 0 Å². The number of hydrogen-bond acceptors (Lipinski definition) is 4. The Morgan fingerprint density at radius 3 is 1.36 bits per heavy atom. The maximum Gasteiger partial charge on any atom is 0.121 e. The smallest absolute Gasteiger partial charge is 0.121 e. The normalized spacial score (nSPS) is 11.5. The molecule has 2 heterocycles. The van der Waals surface area contributed by atoms with Gasteiger partial charge in [0.2, 0.25) is 0 Å². The molecule has 0 bridgehead atoms. The third kappa shape index (κ3) is 2.85. The second kappa shape index (κ2) is 6.60. The Morgan fingerprint density at radius 1 is 0.571 bits per heavy atom. The van der Waals surface area contributed by atoms with E-state index in [2.05, 4.69) is 68.5 Å². The van der Waals surface area contributed by atoms with E-state index in [4.69, 9.17) is 11.5 Å². The molecule has 5 aromatic rings. The zero-order valence-corrected chi connectivity index (χ0v) is 15.2. The fourth-order valence-electron chi connectivity index (χ4n) is 3.53. The molecule has 0 radical (unpaired) electrons. The molecule has 0 atom stereocenters. The predicted octanol–water partition coefficient (Wildman–Crippen LogP) is 3.69. The van der Waals surface area contributed by atoms with Crippen LogP contribution >= 0.6 is 0 Å². The van der Waals surface area contributed by atoms with Crippen molar-refractivity contribution in [1.29, 1.82) is 0 Å². The highest BCUT2D eigenvalue weighted by molar-refractivity contribution is 5.84. The topological polar surface area (TPSA) is 109 Å². The van der Waals surface area contributed by atoms with E-state index >= 15 is 0 Å². The van der Waals surface area contributed by atoms with Crippen LogP contribution in [-0.4, -0.2) is 19.9 Å². The van der Waals surface area contributed by atoms with Gasteiger partial charge in [0, 0.05) is 0 Å². The highest BCUT2D eigenvalue weighted by Gasteiger charge is 2.07. The lowest BCUT2D eigenvalue weighted by atomic mass is 10.00. The van der Waals surface area contributed by atoms with Gasteiger partial charge in [-0.25, -0.2) is 9.97 Å². The maximum absolute atomic E-state index is 5.67. The number of H-pyrrole nitrogens is 2. The fraction of sp³-hybridized carbons (Fsp3) is 0.0909. The summed E-state index contributed by atoms with van der Waals surface area (Å²) < 4.78 is 0. The van der Waals surface area contributed by atoms with Crippen LogP contribution < -0.4 is 11.5 Å². The van der Waals surface area contributed by atoms with Crippen molar-refractivity contribution in [1.82, 2.24) is 19.9 Å². The van der Waals surface area contributed by atoms with Crippen molar-refractivity contribution >= 4 is 22.1 Å². The number of hydrogen-bond donors (Lipinski definition) is 4. The molecule has 28 heavy (non-hydrogen) atoms. The molecule has 5 rings (SSSR count). The van der Waals surface area contributed by atoms with Crippen molar-refractivity contribution in [3.05, 3.63) is 72.3 Å². The van der Waals surface area contributed by atoms with E-state index in [0.29, 0.717) is 13.1 Å². The zero-order chi connectivity index (χ0) is 19.1. The summed E-state index contributed by atoms with van der Waals surface area (Å²) in [6.07, 6.45) is 0. The quantitative estimate of drug-likeness (QED) is 0.388. The van der Waals surface area contributed by atoms with Gasteiger partial charge in [0.1, 0.15) is 11.6 Å². The standard InChI is InChI=1S/C22H20N6/c23-11-21-25-17-7-5-15(9-19(17)27-21)13-1-2-14(4-3-13)16-6-8-18-20(10-16)28-22(12-24)26-18/h1-10H,11-12,23-24H2,(H,25,27)(H,26,28). The molecule has 0 aliphatic rings. The lowest BCUT2D eigenvalue weighted by Gasteiger charge is -2.05. The first kappa shape index (κ1) is 16.7. The van der Waals surface area contributed by atoms with Crippen molar-refractivity contribution < 1.29 is 0 Å². The first-order chi connectivity index (χ1) is 13.7. The van der Waals surface area contributed by atoms with Gasteiger partial charge >= 0.3 is 0 Å². The van der Waals surface area contributed by atoms with E-state index in [0.717, 1.165) is 56.0 Å². The summed E-state index contributed by atoms with van der Waals surface area (Å²) in [6.45, 7) is 0.818. The van der Waals surface area contributed by atoms with Crippen LogP contribution in [0.4, 0.5) is 0 Å². The molecule has 138 valence electrons. The highest BCUT2D eigenvalue weighted by atomic mass is 14.9. The Kier molecular flexibility index (Phi) is 3.93. The summed E-state index contributed by atoms with van der Waals surface area (Å²) in [5, 5.41) is 0. The molecule has 6 heteroatoms. The second-order valence-corrected chi connectivity index (χ2v) is 6.82. The van der Waals surface area contributed by atoms with Gasteiger partial charge in [0.15, 0.2) is 0 Å². The number of imidazole rings is 2. The van der Waals surface area contributed by atoms with Gasteiger partial charge in [-0.05, 0) is 46.5 Å². The van der Waals surface area contributed by atoms with Crippen LogP contribution in [0.2, 0.25) is 0 Å². The Bertz CT molecular complexity index is 1180. The van der Waals surface area contributed by atoms with Crippen molar-refractivity contribution in [2.75, 3.05) is 0 Å². The number of nitrogens with one attached hydrogen (secondary N) is 2. The minimum absolute atomic E-state index is 0.409. The average molecular weight is 368 g/mol. The van der Waals surface area contributed by atoms with Crippen LogP contribution in [0.15, 0.2) is 60.7 Å². The first-order valence-electron chi connectivity index (χ1n) is 9.22. The van der Waals surface area contributed by atoms with E-state index in [-0.39, 0.29) is 0 Å². The van der Waals surface area contributed by atoms with Gasteiger partial charge in [-0.1, -0.05) is 36.4 Å². The molecular formula is C22H20N6. The van der Waals surface area contributed by atoms with E-state index in [9.17, 15) is 0 Å². The lowest BCUT2D eigenvalue weighted by molar-refractivity contribution is 0.958. The van der Waals surface area contributed by atoms with Crippen molar-refractivity contribution in [2.45, 2.75) is 13.1 Å². The molecule has 0 aliphatic heterocycles. The molecule has 0 unspecified atom stereocenters. The van der Waals surface area contributed by atoms with Gasteiger partial charge in [0.25, 0.3) is 0 Å². The Labute approximate surface area is 161 Å². The van der Waals surface area contributed by atoms with Crippen LogP contribution in [0.3, 0.4) is 0 Å². The number of nitrogens with zero attached hydrogens (tertiary/aromatic N) is 2. The molecule has 2 aromatic heterocycles. The Balaban J connectivity index is 1.48. The highest BCUT2D eigenvalue weighted by Crippen LogP contribution is 2.28. The molecule has 0 spiro atoms. The van der Waals surface area contributed by atoms with Crippen LogP contribution in [-0.2, 0) is 13.1 Å². The summed E-state index contributed by atoms with van der Waals surface area (Å²) in [4.78, 5) is 15.4. The van der Waals surface area contributed by atoms with E-state index in [1.807, 2.05) is 12.1 Å². The van der Waals surface area contributed by atoms with E-state index < -0.39 is 0 Å². The predicted molar refractivity (Wildman–Crippen MR) is 112 cm³/mol. The third-order valence-corrected chi connectivity index (χ3v) is 5.00. The minimum atomic E-state index is 0.409. The zero-order valence-electron chi connectivity index (χ0n) is 15.2. The van der Waals surface area contributed by atoms with Gasteiger partial charge < -0.3 is 21.4 Å². The van der Waals surface area contributed by atoms with Crippen molar-refractivity contribution in [3.8, 4) is 22.3 Å². The number of fused-ring (bicyclic) bond motifs is 2. The Hall–Kier alpha value is -3.48. The second-order valence-electron chi connectivity index (χ2n) is 6.82. The Morgan fingerprint density at radius 2 is 0.964 bits per heavy atom. The van der Waals surface area contributed by atoms with Crippen LogP contribution in [0.25, 0.3) is 44.3 Å². The van der Waals surface area contributed by atoms with E-state index in [1.54, 1.807) is 0 Å². The molecule has 6 N–H and O–H groups in total. The van der Waals surface area contributed by atoms with Gasteiger partial charge in [-0.2, -0.15) is 0 Å². The average Bonchev–Trinajstić information content (AvgIpc) is 3.36. The monoisotopic (exact) mass is 368 g/mol. The molecule has 0 saturated carbocycles. The maximum atomic E-state index is 5.67. The summed E-state index contributed by atoms with van der Waals surface area (Å²) in [5.41, 5.74) is 19.8. The lowest BCUT2D eigenvalue weighted by Crippen LogP contribution is -1.97. The summed E-state index contributed by atoms with van der Waals surface area (Å²) in [7, 11) is 0. The number of rotatable bonds is 4. The van der Waals surface area contributed by atoms with Crippen LogP contribution in [0.1, 0.15) is 11.6 Å². The molecule has 6 nitrogen and oxygen atoms in total. The van der Waals surface area contributed by atoms with Gasteiger partial charge in [-0.3, -0.25) is 0 Å². The minimum Gasteiger partial charge on any atom is -0.341 e. The molecule has 0 aliphatic carbocycles. The summed E-state index contributed by atoms with van der Waals surface area (Å²) >= 11 is 0. The SMILES string of the molecule is NCc1nc2ccc(-c3ccc(-c4ccc5nc(CN)[nH]c5c4)cc3)cc2[nH]1. The molecule has 3 aromatic carbocycles. The number of aromatic amines is 2. The summed E-state index contributed by atoms with van der Waals surface area (Å²) in [6, 6.07) is 21.0. The molecular weight excluding hydrogens is 348 g/mol. The number of aromatic nitrogens is 4. The fourth-order valence-corrected chi connectivity index (χ4v) is 3.53. The molecule has 0 amide bonds. The third-order valence-electron chi connectivity index (χ3n) is 5.00. The van der Waals surface area contributed by atoms with Gasteiger partial charge in [0.05, 0.1) is 35.2 Å². The molecule has 0 fully saturated rings. The summed E-state index contributed by atoms with van der Waals surface area (Å²) in [5.74, 6) is 1.60. The largest absolute Gasteiger partial charge is 0.341 e. The first-order valence-corrected chi connectivity index (χ1v) is 9.22.